The number of hydrogen-bond donors (Lipinski definition) is 1. The topological polar surface area (TPSA) is 103 Å². The molecule has 0 radical (unpaired) electrons. The molecule has 2 aliphatic heterocycles. The molecule has 1 aromatic carbocycles. The summed E-state index contributed by atoms with van der Waals surface area (Å²) >= 11 is 0. The third-order valence-electron chi connectivity index (χ3n) is 6.10. The van der Waals surface area contributed by atoms with Crippen LogP contribution in [0.15, 0.2) is 41.1 Å². The van der Waals surface area contributed by atoms with Crippen LogP contribution in [0.3, 0.4) is 0 Å². The molecule has 1 atom stereocenters. The summed E-state index contributed by atoms with van der Waals surface area (Å²) in [4.78, 5) is 23.3. The Kier molecular flexibility index (Phi) is 6.74. The van der Waals surface area contributed by atoms with E-state index < -0.39 is 11.7 Å². The lowest BCUT2D eigenvalue weighted by molar-refractivity contribution is 0.00844. The normalized spacial score (nSPS) is 18.6. The van der Waals surface area contributed by atoms with E-state index in [4.69, 9.17) is 14.0 Å². The molecule has 0 saturated carbocycles. The van der Waals surface area contributed by atoms with Gasteiger partial charge in [0.25, 0.3) is 5.91 Å². The summed E-state index contributed by atoms with van der Waals surface area (Å²) in [5.41, 5.74) is 1.20. The summed E-state index contributed by atoms with van der Waals surface area (Å²) in [7, 11) is 0. The van der Waals surface area contributed by atoms with Crippen molar-refractivity contribution in [3.63, 3.8) is 0 Å². The Morgan fingerprint density at radius 1 is 1.29 bits per heavy atom. The first-order valence-electron chi connectivity index (χ1n) is 11.8. The number of carbonyl (C=O) groups is 1. The van der Waals surface area contributed by atoms with Crippen LogP contribution in [0.25, 0.3) is 11.3 Å². The van der Waals surface area contributed by atoms with E-state index in [0.29, 0.717) is 42.7 Å². The maximum Gasteiger partial charge on any atom is 0.254 e. The van der Waals surface area contributed by atoms with Gasteiger partial charge in [0.2, 0.25) is 5.89 Å². The molecule has 184 valence electrons. The summed E-state index contributed by atoms with van der Waals surface area (Å²) < 4.78 is 31.2. The molecule has 0 aliphatic carbocycles. The van der Waals surface area contributed by atoms with E-state index in [1.165, 1.54) is 12.1 Å². The fourth-order valence-electron chi connectivity index (χ4n) is 4.07. The fourth-order valence-corrected chi connectivity index (χ4v) is 4.07. The average Bonchev–Trinajstić information content (AvgIpc) is 3.50. The molecule has 35 heavy (non-hydrogen) atoms. The van der Waals surface area contributed by atoms with Crippen molar-refractivity contribution in [1.82, 2.24) is 25.3 Å². The van der Waals surface area contributed by atoms with Gasteiger partial charge in [0.1, 0.15) is 17.7 Å². The number of rotatable bonds is 8. The molecule has 2 fully saturated rings. The van der Waals surface area contributed by atoms with Crippen LogP contribution in [0.2, 0.25) is 0 Å². The Balaban J connectivity index is 1.13. The van der Waals surface area contributed by atoms with Crippen LogP contribution in [0.5, 0.6) is 5.75 Å². The number of likely N-dealkylation sites (tertiary alicyclic amines) is 1. The maximum atomic E-state index is 14.6. The molecule has 5 rings (SSSR count). The van der Waals surface area contributed by atoms with Crippen molar-refractivity contribution < 1.29 is 23.2 Å². The highest BCUT2D eigenvalue weighted by atomic mass is 19.1. The highest BCUT2D eigenvalue weighted by molar-refractivity contribution is 5.95. The monoisotopic (exact) mass is 481 g/mol. The number of amides is 1. The number of ether oxygens (including phenoxy) is 2. The van der Waals surface area contributed by atoms with Gasteiger partial charge in [-0.05, 0) is 30.7 Å². The molecule has 2 aromatic heterocycles. The third-order valence-corrected chi connectivity index (χ3v) is 6.10. The summed E-state index contributed by atoms with van der Waals surface area (Å²) in [6.07, 6.45) is 2.42. The van der Waals surface area contributed by atoms with Gasteiger partial charge in [-0.25, -0.2) is 4.39 Å². The minimum atomic E-state index is -0.586. The van der Waals surface area contributed by atoms with E-state index in [2.05, 4.69) is 25.3 Å². The Morgan fingerprint density at radius 2 is 2.14 bits per heavy atom. The van der Waals surface area contributed by atoms with Gasteiger partial charge in [0.05, 0.1) is 36.6 Å². The van der Waals surface area contributed by atoms with Crippen molar-refractivity contribution in [3.05, 3.63) is 59.6 Å². The van der Waals surface area contributed by atoms with Gasteiger partial charge in [0, 0.05) is 31.2 Å². The van der Waals surface area contributed by atoms with Crippen LogP contribution < -0.4 is 10.1 Å². The van der Waals surface area contributed by atoms with Gasteiger partial charge in [0.15, 0.2) is 5.82 Å². The average molecular weight is 482 g/mol. The predicted molar refractivity (Wildman–Crippen MR) is 124 cm³/mol. The molecule has 0 spiro atoms. The van der Waals surface area contributed by atoms with Gasteiger partial charge in [-0.3, -0.25) is 14.7 Å². The van der Waals surface area contributed by atoms with Crippen LogP contribution >= 0.6 is 0 Å². The third kappa shape index (κ3) is 5.49. The number of halogens is 1. The first kappa shape index (κ1) is 23.4. The van der Waals surface area contributed by atoms with Crippen LogP contribution in [0.4, 0.5) is 4.39 Å². The number of benzene rings is 1. The van der Waals surface area contributed by atoms with E-state index >= 15 is 0 Å². The molecule has 1 N–H and O–H groups in total. The zero-order chi connectivity index (χ0) is 24.4. The Hall–Kier alpha value is -3.37. The van der Waals surface area contributed by atoms with Gasteiger partial charge >= 0.3 is 0 Å². The molecule has 1 amide bonds. The van der Waals surface area contributed by atoms with Crippen molar-refractivity contribution >= 4 is 5.91 Å². The summed E-state index contributed by atoms with van der Waals surface area (Å²) in [5.74, 6) is 1.19. The number of nitrogens with zero attached hydrogens (tertiary/aromatic N) is 4. The molecule has 4 heterocycles. The zero-order valence-electron chi connectivity index (χ0n) is 19.7. The number of carbonyl (C=O) groups excluding carboxylic acids is 1. The Bertz CT molecular complexity index is 1170. The molecule has 3 aromatic rings. The van der Waals surface area contributed by atoms with Crippen LogP contribution in [0.1, 0.15) is 48.3 Å². The van der Waals surface area contributed by atoms with Crippen molar-refractivity contribution in [2.75, 3.05) is 26.3 Å². The van der Waals surface area contributed by atoms with E-state index in [-0.39, 0.29) is 23.6 Å². The first-order valence-corrected chi connectivity index (χ1v) is 11.8. The lowest BCUT2D eigenvalue weighted by atomic mass is 10.1. The standard InChI is InChI=1S/C25H28FN5O4/c1-15(2)24-29-23(35-30-24)13-31-11-19(12-31)34-18-4-6-22(27-10-18)16-3-5-20(21(26)9-16)25(32)28-17-7-8-33-14-17/h3-6,9-10,15,17,19H,7-8,11-14H2,1-2H3,(H,28,32). The van der Waals surface area contributed by atoms with E-state index in [1.54, 1.807) is 18.3 Å². The smallest absolute Gasteiger partial charge is 0.254 e. The molecule has 0 bridgehead atoms. The fraction of sp³-hybridized carbons (Fsp3) is 0.440. The molecule has 1 unspecified atom stereocenters. The lowest BCUT2D eigenvalue weighted by Gasteiger charge is -2.37. The van der Waals surface area contributed by atoms with E-state index in [1.807, 2.05) is 19.9 Å². The number of pyridine rings is 1. The van der Waals surface area contributed by atoms with Gasteiger partial charge in [-0.1, -0.05) is 25.1 Å². The molecule has 9 nitrogen and oxygen atoms in total. The van der Waals surface area contributed by atoms with Crippen molar-refractivity contribution in [1.29, 1.82) is 0 Å². The van der Waals surface area contributed by atoms with Crippen molar-refractivity contribution in [2.24, 2.45) is 0 Å². The SMILES string of the molecule is CC(C)c1noc(CN2CC(Oc3ccc(-c4ccc(C(=O)NC5CCOC5)c(F)c4)nc3)C2)n1. The Morgan fingerprint density at radius 3 is 2.80 bits per heavy atom. The number of nitrogens with one attached hydrogen (secondary N) is 1. The van der Waals surface area contributed by atoms with Gasteiger partial charge < -0.3 is 19.3 Å². The number of hydrogen-bond acceptors (Lipinski definition) is 8. The van der Waals surface area contributed by atoms with E-state index in [9.17, 15) is 9.18 Å². The summed E-state index contributed by atoms with van der Waals surface area (Å²) in [6, 6.07) is 8.03. The van der Waals surface area contributed by atoms with Crippen LogP contribution in [-0.4, -0.2) is 64.4 Å². The Labute approximate surface area is 202 Å². The summed E-state index contributed by atoms with van der Waals surface area (Å²) in [5, 5.41) is 6.79. The molecular formula is C25H28FN5O4. The minimum absolute atomic E-state index is 0.0103. The maximum absolute atomic E-state index is 14.6. The largest absolute Gasteiger partial charge is 0.486 e. The minimum Gasteiger partial charge on any atom is -0.486 e. The summed E-state index contributed by atoms with van der Waals surface area (Å²) in [6.45, 7) is 7.23. The van der Waals surface area contributed by atoms with Crippen LogP contribution in [0, 0.1) is 5.82 Å². The van der Waals surface area contributed by atoms with Gasteiger partial charge in [-0.15, -0.1) is 0 Å². The zero-order valence-corrected chi connectivity index (χ0v) is 19.7. The molecular weight excluding hydrogens is 453 g/mol. The predicted octanol–water partition coefficient (Wildman–Crippen LogP) is 3.18. The second kappa shape index (κ2) is 10.1. The lowest BCUT2D eigenvalue weighted by Crippen LogP contribution is -2.53. The first-order chi connectivity index (χ1) is 16.9. The second-order valence-corrected chi connectivity index (χ2v) is 9.24. The highest BCUT2D eigenvalue weighted by Gasteiger charge is 2.30. The molecule has 2 aliphatic rings. The number of aromatic nitrogens is 3. The molecule has 10 heteroatoms. The quantitative estimate of drug-likeness (QED) is 0.523. The van der Waals surface area contributed by atoms with Crippen molar-refractivity contribution in [2.45, 2.75) is 44.9 Å². The highest BCUT2D eigenvalue weighted by Crippen LogP contribution is 2.24. The van der Waals surface area contributed by atoms with E-state index in [0.717, 1.165) is 25.3 Å². The molecule has 2 saturated heterocycles. The van der Waals surface area contributed by atoms with Gasteiger partial charge in [-0.2, -0.15) is 4.98 Å². The van der Waals surface area contributed by atoms with Crippen LogP contribution in [-0.2, 0) is 11.3 Å². The second-order valence-electron chi connectivity index (χ2n) is 9.24. The van der Waals surface area contributed by atoms with Crippen molar-refractivity contribution in [3.8, 4) is 17.0 Å².